The second kappa shape index (κ2) is 10.2. The maximum Gasteiger partial charge on any atom is 0.254 e. The number of ether oxygens (including phenoxy) is 3. The molecule has 1 saturated heterocycles. The molecule has 1 aliphatic heterocycles. The van der Waals surface area contributed by atoms with Crippen molar-refractivity contribution in [2.75, 3.05) is 53.6 Å². The number of amides is 1. The van der Waals surface area contributed by atoms with Crippen molar-refractivity contribution in [1.82, 2.24) is 9.80 Å². The zero-order valence-electron chi connectivity index (χ0n) is 17.5. The van der Waals surface area contributed by atoms with Gasteiger partial charge in [-0.25, -0.2) is 0 Å². The summed E-state index contributed by atoms with van der Waals surface area (Å²) in [4.78, 5) is 17.1. The molecular formula is C23H30N2O4. The van der Waals surface area contributed by atoms with Gasteiger partial charge in [-0.3, -0.25) is 9.69 Å². The first kappa shape index (κ1) is 21.0. The number of hydrogen-bond donors (Lipinski definition) is 0. The number of methoxy groups -OCH3 is 2. The molecule has 1 fully saturated rings. The largest absolute Gasteiger partial charge is 0.497 e. The summed E-state index contributed by atoms with van der Waals surface area (Å²) in [6.45, 7) is 6.71. The highest BCUT2D eigenvalue weighted by molar-refractivity contribution is 5.95. The summed E-state index contributed by atoms with van der Waals surface area (Å²) in [5, 5.41) is 0. The van der Waals surface area contributed by atoms with Crippen LogP contribution in [0.2, 0.25) is 0 Å². The lowest BCUT2D eigenvalue weighted by atomic mass is 10.1. The number of carbonyl (C=O) groups is 1. The second-order valence-corrected chi connectivity index (χ2v) is 7.08. The molecule has 0 saturated carbocycles. The molecule has 0 N–H and O–H groups in total. The van der Waals surface area contributed by atoms with Gasteiger partial charge in [0, 0.05) is 44.4 Å². The van der Waals surface area contributed by atoms with Crippen molar-refractivity contribution in [3.8, 4) is 17.2 Å². The Balaban J connectivity index is 1.46. The lowest BCUT2D eigenvalue weighted by Crippen LogP contribution is -2.49. The Morgan fingerprint density at radius 1 is 0.897 bits per heavy atom. The molecule has 3 rings (SSSR count). The number of aryl methyl sites for hydroxylation is 1. The Hall–Kier alpha value is -2.73. The van der Waals surface area contributed by atoms with Crippen LogP contribution in [0.1, 0.15) is 22.8 Å². The predicted octanol–water partition coefficient (Wildman–Crippen LogP) is 3.10. The van der Waals surface area contributed by atoms with Crippen molar-refractivity contribution >= 4 is 5.91 Å². The van der Waals surface area contributed by atoms with E-state index >= 15 is 0 Å². The third-order valence-corrected chi connectivity index (χ3v) is 5.27. The Morgan fingerprint density at radius 3 is 2.07 bits per heavy atom. The van der Waals surface area contributed by atoms with Crippen LogP contribution in [0.3, 0.4) is 0 Å². The van der Waals surface area contributed by atoms with Crippen LogP contribution < -0.4 is 14.2 Å². The SMILES string of the molecule is CCc1ccc(OCCN2CCN(C(=O)c3cc(OC)cc(OC)c3)CC2)cc1. The Kier molecular flexibility index (Phi) is 7.36. The Bertz CT molecular complexity index is 777. The summed E-state index contributed by atoms with van der Waals surface area (Å²) in [5.41, 5.74) is 1.90. The number of nitrogens with zero attached hydrogens (tertiary/aromatic N) is 2. The summed E-state index contributed by atoms with van der Waals surface area (Å²) in [6, 6.07) is 13.5. The van der Waals surface area contributed by atoms with Gasteiger partial charge in [-0.1, -0.05) is 19.1 Å². The molecule has 0 spiro atoms. The lowest BCUT2D eigenvalue weighted by molar-refractivity contribution is 0.0619. The highest BCUT2D eigenvalue weighted by atomic mass is 16.5. The van der Waals surface area contributed by atoms with Gasteiger partial charge in [0.25, 0.3) is 5.91 Å². The van der Waals surface area contributed by atoms with Crippen LogP contribution in [0.4, 0.5) is 0 Å². The summed E-state index contributed by atoms with van der Waals surface area (Å²) < 4.78 is 16.4. The maximum absolute atomic E-state index is 12.9. The highest BCUT2D eigenvalue weighted by Gasteiger charge is 2.23. The van der Waals surface area contributed by atoms with E-state index in [4.69, 9.17) is 14.2 Å². The smallest absolute Gasteiger partial charge is 0.254 e. The van der Waals surface area contributed by atoms with Gasteiger partial charge in [-0.05, 0) is 36.2 Å². The molecular weight excluding hydrogens is 368 g/mol. The average Bonchev–Trinajstić information content (AvgIpc) is 2.79. The van der Waals surface area contributed by atoms with Crippen molar-refractivity contribution in [2.45, 2.75) is 13.3 Å². The van der Waals surface area contributed by atoms with E-state index in [9.17, 15) is 4.79 Å². The number of benzene rings is 2. The van der Waals surface area contributed by atoms with Crippen LogP contribution in [0.5, 0.6) is 17.2 Å². The van der Waals surface area contributed by atoms with Crippen molar-refractivity contribution in [3.05, 3.63) is 53.6 Å². The predicted molar refractivity (Wildman–Crippen MR) is 113 cm³/mol. The van der Waals surface area contributed by atoms with Gasteiger partial charge >= 0.3 is 0 Å². The molecule has 0 aliphatic carbocycles. The molecule has 1 amide bonds. The number of rotatable bonds is 8. The fourth-order valence-electron chi connectivity index (χ4n) is 3.40. The fraction of sp³-hybridized carbons (Fsp3) is 0.435. The molecule has 0 bridgehead atoms. The van der Waals surface area contributed by atoms with Crippen LogP contribution >= 0.6 is 0 Å². The van der Waals surface area contributed by atoms with Gasteiger partial charge in [-0.2, -0.15) is 0 Å². The van der Waals surface area contributed by atoms with Gasteiger partial charge in [-0.15, -0.1) is 0 Å². The topological polar surface area (TPSA) is 51.2 Å². The van der Waals surface area contributed by atoms with Crippen LogP contribution in [0.15, 0.2) is 42.5 Å². The molecule has 0 unspecified atom stereocenters. The molecule has 1 aliphatic rings. The van der Waals surface area contributed by atoms with E-state index in [-0.39, 0.29) is 5.91 Å². The van der Waals surface area contributed by atoms with E-state index < -0.39 is 0 Å². The minimum Gasteiger partial charge on any atom is -0.497 e. The van der Waals surface area contributed by atoms with E-state index in [1.54, 1.807) is 32.4 Å². The number of piperazine rings is 1. The molecule has 156 valence electrons. The second-order valence-electron chi connectivity index (χ2n) is 7.08. The van der Waals surface area contributed by atoms with Crippen molar-refractivity contribution in [2.24, 2.45) is 0 Å². The normalized spacial score (nSPS) is 14.5. The average molecular weight is 399 g/mol. The van der Waals surface area contributed by atoms with Gasteiger partial charge in [0.1, 0.15) is 23.9 Å². The Labute approximate surface area is 173 Å². The van der Waals surface area contributed by atoms with E-state index in [1.807, 2.05) is 17.0 Å². The minimum atomic E-state index is 0.00844. The number of hydrogen-bond acceptors (Lipinski definition) is 5. The van der Waals surface area contributed by atoms with Gasteiger partial charge in [0.15, 0.2) is 0 Å². The summed E-state index contributed by atoms with van der Waals surface area (Å²) >= 11 is 0. The van der Waals surface area contributed by atoms with Crippen molar-refractivity contribution in [1.29, 1.82) is 0 Å². The monoisotopic (exact) mass is 398 g/mol. The Morgan fingerprint density at radius 2 is 1.52 bits per heavy atom. The zero-order chi connectivity index (χ0) is 20.6. The van der Waals surface area contributed by atoms with E-state index in [1.165, 1.54) is 5.56 Å². The first-order valence-electron chi connectivity index (χ1n) is 10.1. The molecule has 2 aromatic rings. The first-order valence-corrected chi connectivity index (χ1v) is 10.1. The van der Waals surface area contributed by atoms with Crippen LogP contribution in [-0.2, 0) is 6.42 Å². The first-order chi connectivity index (χ1) is 14.1. The third kappa shape index (κ3) is 5.64. The fourth-order valence-corrected chi connectivity index (χ4v) is 3.40. The molecule has 6 nitrogen and oxygen atoms in total. The maximum atomic E-state index is 12.9. The summed E-state index contributed by atoms with van der Waals surface area (Å²) in [7, 11) is 3.17. The molecule has 29 heavy (non-hydrogen) atoms. The highest BCUT2D eigenvalue weighted by Crippen LogP contribution is 2.23. The molecule has 0 aromatic heterocycles. The lowest BCUT2D eigenvalue weighted by Gasteiger charge is -2.34. The van der Waals surface area contributed by atoms with Crippen LogP contribution in [0, 0.1) is 0 Å². The summed E-state index contributed by atoms with van der Waals surface area (Å²) in [6.07, 6.45) is 1.03. The molecule has 0 atom stereocenters. The van der Waals surface area contributed by atoms with E-state index in [0.29, 0.717) is 36.8 Å². The molecule has 1 heterocycles. The van der Waals surface area contributed by atoms with E-state index in [0.717, 1.165) is 31.8 Å². The third-order valence-electron chi connectivity index (χ3n) is 5.27. The van der Waals surface area contributed by atoms with E-state index in [2.05, 4.69) is 24.0 Å². The minimum absolute atomic E-state index is 0.00844. The molecule has 2 aromatic carbocycles. The van der Waals surface area contributed by atoms with Crippen LogP contribution in [-0.4, -0.2) is 69.3 Å². The van der Waals surface area contributed by atoms with Gasteiger partial charge in [0.2, 0.25) is 0 Å². The number of carbonyl (C=O) groups excluding carboxylic acids is 1. The standard InChI is InChI=1S/C23H30N2O4/c1-4-18-5-7-20(8-6-18)29-14-13-24-9-11-25(12-10-24)23(26)19-15-21(27-2)17-22(16-19)28-3/h5-8,15-17H,4,9-14H2,1-3H3. The zero-order valence-corrected chi connectivity index (χ0v) is 17.5. The van der Waals surface area contributed by atoms with Gasteiger partial charge in [0.05, 0.1) is 14.2 Å². The molecule has 0 radical (unpaired) electrons. The van der Waals surface area contributed by atoms with Gasteiger partial charge < -0.3 is 19.1 Å². The summed E-state index contributed by atoms with van der Waals surface area (Å²) in [5.74, 6) is 2.16. The molecule has 6 heteroatoms. The van der Waals surface area contributed by atoms with Crippen molar-refractivity contribution < 1.29 is 19.0 Å². The van der Waals surface area contributed by atoms with Crippen LogP contribution in [0.25, 0.3) is 0 Å². The quantitative estimate of drug-likeness (QED) is 0.684. The van der Waals surface area contributed by atoms with Crippen molar-refractivity contribution in [3.63, 3.8) is 0 Å².